The molecule has 0 aliphatic carbocycles. The predicted molar refractivity (Wildman–Crippen MR) is 248 cm³/mol. The summed E-state index contributed by atoms with van der Waals surface area (Å²) in [5.74, 6) is -1.66. The summed E-state index contributed by atoms with van der Waals surface area (Å²) in [7, 11) is 0. The largest absolute Gasteiger partial charge is 0.506 e. The Morgan fingerprint density at radius 2 is 0.906 bits per heavy atom. The van der Waals surface area contributed by atoms with Crippen molar-refractivity contribution in [3.8, 4) is 23.0 Å². The van der Waals surface area contributed by atoms with Crippen molar-refractivity contribution >= 4 is 79.1 Å². The topological polar surface area (TPSA) is 189 Å². The molecule has 0 saturated heterocycles. The Morgan fingerprint density at radius 1 is 0.500 bits per heavy atom. The van der Waals surface area contributed by atoms with Crippen molar-refractivity contribution in [1.29, 1.82) is 0 Å². The maximum atomic E-state index is 12.9. The molecule has 12 nitrogen and oxygen atoms in total. The molecule has 0 fully saturated rings. The Hall–Kier alpha value is -7.57. The van der Waals surface area contributed by atoms with Crippen LogP contribution in [0.5, 0.6) is 23.0 Å². The summed E-state index contributed by atoms with van der Waals surface area (Å²) in [6.45, 7) is 6.19. The second kappa shape index (κ2) is 20.1. The zero-order valence-electron chi connectivity index (χ0n) is 34.6. The summed E-state index contributed by atoms with van der Waals surface area (Å²) in [6, 6.07) is 45.2. The van der Waals surface area contributed by atoms with Crippen LogP contribution in [0.15, 0.2) is 178 Å². The molecule has 0 radical (unpaired) electrons. The maximum absolute atomic E-state index is 12.9. The van der Waals surface area contributed by atoms with E-state index in [4.69, 9.17) is 11.6 Å². The molecule has 0 heterocycles. The fourth-order valence-corrected chi connectivity index (χ4v) is 6.64. The van der Waals surface area contributed by atoms with Crippen LogP contribution < -0.4 is 10.6 Å². The number of amides is 2. The fraction of sp³-hybridized carbons (Fsp3) is 0.0800. The first kappa shape index (κ1) is 45.9. The molecular weight excluding hydrogens is 872 g/mol. The zero-order chi connectivity index (χ0) is 44.7. The fourth-order valence-electron chi connectivity index (χ4n) is 6.48. The number of anilines is 2. The molecule has 0 aliphatic heterocycles. The summed E-state index contributed by atoms with van der Waals surface area (Å²) in [5, 5.41) is 67.3. The van der Waals surface area contributed by atoms with Crippen LogP contribution in [0.2, 0.25) is 5.02 Å². The van der Waals surface area contributed by atoms with E-state index in [1.807, 2.05) is 60.7 Å². The second-order valence-electron chi connectivity index (χ2n) is 15.3. The Morgan fingerprint density at radius 3 is 1.36 bits per heavy atom. The summed E-state index contributed by atoms with van der Waals surface area (Å²) in [4.78, 5) is 25.7. The zero-order valence-corrected chi connectivity index (χ0v) is 36.5. The molecule has 6 N–H and O–H groups in total. The Bertz CT molecular complexity index is 3050. The number of para-hydroxylation sites is 2. The van der Waals surface area contributed by atoms with Gasteiger partial charge in [0.2, 0.25) is 0 Å². The number of carbonyl (C=O) groups is 2. The maximum Gasteiger partial charge on any atom is 0.259 e. The number of phenols is 4. The van der Waals surface area contributed by atoms with Gasteiger partial charge in [-0.3, -0.25) is 9.59 Å². The average Bonchev–Trinajstić information content (AvgIpc) is 3.27. The van der Waals surface area contributed by atoms with Gasteiger partial charge in [-0.2, -0.15) is 0 Å². The molecule has 8 aromatic rings. The van der Waals surface area contributed by atoms with Crippen LogP contribution in [-0.2, 0) is 22.5 Å². The van der Waals surface area contributed by atoms with E-state index in [0.29, 0.717) is 32.6 Å². The number of azo groups is 2. The average molecular weight is 913 g/mol. The van der Waals surface area contributed by atoms with Crippen LogP contribution in [-0.4, -0.2) is 32.2 Å². The normalized spacial score (nSPS) is 11.2. The molecule has 0 atom stereocenters. The van der Waals surface area contributed by atoms with E-state index < -0.39 is 11.8 Å². The first-order valence-electron chi connectivity index (χ1n) is 19.6. The molecule has 64 heavy (non-hydrogen) atoms. The van der Waals surface area contributed by atoms with E-state index in [9.17, 15) is 30.0 Å². The summed E-state index contributed by atoms with van der Waals surface area (Å²) in [6.07, 6.45) is 0. The van der Waals surface area contributed by atoms with Gasteiger partial charge >= 0.3 is 0 Å². The molecule has 0 bridgehead atoms. The number of phenolic OH excluding ortho intramolecular Hbond substituents is 4. The minimum Gasteiger partial charge on any atom is -0.506 e. The number of nitrogens with zero attached hydrogens (tertiary/aromatic N) is 4. The van der Waals surface area contributed by atoms with E-state index in [0.717, 1.165) is 10.9 Å². The van der Waals surface area contributed by atoms with E-state index in [1.165, 1.54) is 18.2 Å². The van der Waals surface area contributed by atoms with Crippen molar-refractivity contribution in [2.45, 2.75) is 26.2 Å². The molecule has 14 heteroatoms. The number of carbonyl (C=O) groups excluding carboxylic acids is 2. The van der Waals surface area contributed by atoms with Gasteiger partial charge in [0.25, 0.3) is 11.8 Å². The molecule has 322 valence electrons. The third-order valence-corrected chi connectivity index (χ3v) is 10.1. The number of hydrogen-bond donors (Lipinski definition) is 6. The number of fused-ring (bicyclic) bond motifs is 2. The van der Waals surface area contributed by atoms with Crippen LogP contribution in [0.3, 0.4) is 0 Å². The van der Waals surface area contributed by atoms with Gasteiger partial charge in [-0.25, -0.2) is 0 Å². The summed E-state index contributed by atoms with van der Waals surface area (Å²) >= 11 is 5.95. The minimum absolute atomic E-state index is 0. The number of halogens is 1. The van der Waals surface area contributed by atoms with Crippen LogP contribution in [0.4, 0.5) is 34.1 Å². The first-order chi connectivity index (χ1) is 30.3. The van der Waals surface area contributed by atoms with Gasteiger partial charge < -0.3 is 31.1 Å². The number of rotatable bonds is 8. The number of benzene rings is 8. The smallest absolute Gasteiger partial charge is 0.259 e. The molecule has 8 aromatic carbocycles. The predicted octanol–water partition coefficient (Wildman–Crippen LogP) is 13.8. The third kappa shape index (κ3) is 10.7. The van der Waals surface area contributed by atoms with Crippen LogP contribution in [0, 0.1) is 0 Å². The van der Waals surface area contributed by atoms with E-state index in [-0.39, 0.29) is 79.4 Å². The molecule has 8 rings (SSSR count). The Labute approximate surface area is 384 Å². The monoisotopic (exact) mass is 912 g/mol. The van der Waals surface area contributed by atoms with Crippen molar-refractivity contribution < 1.29 is 47.1 Å². The molecule has 0 aromatic heterocycles. The van der Waals surface area contributed by atoms with Crippen LogP contribution in [0.1, 0.15) is 47.1 Å². The van der Waals surface area contributed by atoms with E-state index >= 15 is 0 Å². The van der Waals surface area contributed by atoms with Crippen molar-refractivity contribution in [2.24, 2.45) is 20.5 Å². The summed E-state index contributed by atoms with van der Waals surface area (Å²) < 4.78 is 0. The van der Waals surface area contributed by atoms with Gasteiger partial charge in [-0.15, -0.1) is 20.5 Å². The first-order valence-corrected chi connectivity index (χ1v) is 20.0. The third-order valence-electron chi connectivity index (χ3n) is 9.84. The van der Waals surface area contributed by atoms with Crippen molar-refractivity contribution in [3.05, 3.63) is 179 Å². The van der Waals surface area contributed by atoms with Gasteiger partial charge in [0.15, 0.2) is 11.5 Å². The minimum atomic E-state index is -0.480. The Kier molecular flexibility index (Phi) is 14.4. The molecule has 0 saturated carbocycles. The van der Waals surface area contributed by atoms with Crippen LogP contribution >= 0.6 is 11.6 Å². The molecule has 0 unspecified atom stereocenters. The van der Waals surface area contributed by atoms with E-state index in [1.54, 1.807) is 78.9 Å². The van der Waals surface area contributed by atoms with Gasteiger partial charge in [0.05, 0.1) is 11.1 Å². The van der Waals surface area contributed by atoms with Crippen molar-refractivity contribution in [3.63, 3.8) is 0 Å². The number of aromatic hydroxyl groups is 4. The molecule has 0 spiro atoms. The van der Waals surface area contributed by atoms with Gasteiger partial charge in [-0.1, -0.05) is 123 Å². The van der Waals surface area contributed by atoms with Crippen LogP contribution in [0.25, 0.3) is 21.5 Å². The summed E-state index contributed by atoms with van der Waals surface area (Å²) in [5.41, 5.74) is 2.90. The number of nitrogens with one attached hydrogen (secondary N) is 2. The SMILES string of the molecule is CC(C)(C)c1ccc(O)c(N=Nc2c(O)c(C(=O)Nc3ccccc3)cc3ccccc23)c1.O=C(Nc1ccccc1)c1cc2ccccc2c(N=Nc2cc(Cl)ccc2O)c1O.[Fe]. The Balaban J connectivity index is 0.000000210. The van der Waals surface area contributed by atoms with Crippen molar-refractivity contribution in [1.82, 2.24) is 0 Å². The van der Waals surface area contributed by atoms with Gasteiger partial charge in [0, 0.05) is 44.2 Å². The molecular formula is C50H41ClFeN6O6. The standard InChI is InChI=1S/C27H25N3O3.C23H16ClN3O3.Fe/c1-27(2,3)18-13-14-23(31)22(16-18)29-30-24-20-12-8-7-9-17(20)15-21(25(24)32)26(33)28-19-10-5-4-6-11-19;24-15-10-11-20(28)19(13-15)26-27-21-17-9-5-4-6-14(17)12-18(22(21)29)23(30)25-16-7-2-1-3-8-16;/h4-16,31-32H,1-3H3,(H,28,33);1-13,28-29H,(H,25,30);. The number of hydrogen-bond acceptors (Lipinski definition) is 10. The second-order valence-corrected chi connectivity index (χ2v) is 15.7. The molecule has 2 amide bonds. The quantitative estimate of drug-likeness (QED) is 0.0650. The van der Waals surface area contributed by atoms with Crippen molar-refractivity contribution in [2.75, 3.05) is 10.6 Å². The van der Waals surface area contributed by atoms with E-state index in [2.05, 4.69) is 51.9 Å². The molecule has 0 aliphatic rings. The van der Waals surface area contributed by atoms with Gasteiger partial charge in [0.1, 0.15) is 34.2 Å². The van der Waals surface area contributed by atoms with Gasteiger partial charge in [-0.05, 0) is 88.5 Å².